The van der Waals surface area contributed by atoms with Crippen LogP contribution in [0.5, 0.6) is 5.75 Å². The van der Waals surface area contributed by atoms with Gasteiger partial charge in [0.1, 0.15) is 5.75 Å². The molecule has 0 radical (unpaired) electrons. The second-order valence-corrected chi connectivity index (χ2v) is 6.56. The molecule has 0 bridgehead atoms. The fourth-order valence-corrected chi connectivity index (χ4v) is 3.65. The van der Waals surface area contributed by atoms with Crippen molar-refractivity contribution in [1.29, 1.82) is 0 Å². The number of ether oxygens (including phenoxy) is 1. The van der Waals surface area contributed by atoms with Crippen LogP contribution in [-0.4, -0.2) is 14.2 Å². The smallest absolute Gasteiger partial charge is 0.137 e. The lowest BCUT2D eigenvalue weighted by Crippen LogP contribution is -2.17. The molecule has 5 heteroatoms. The van der Waals surface area contributed by atoms with Gasteiger partial charge in [0, 0.05) is 8.95 Å². The van der Waals surface area contributed by atoms with Gasteiger partial charge in [-0.05, 0) is 48.5 Å². The van der Waals surface area contributed by atoms with Crippen LogP contribution in [0.25, 0.3) is 0 Å². The van der Waals surface area contributed by atoms with Gasteiger partial charge in [0.25, 0.3) is 0 Å². The van der Waals surface area contributed by atoms with Gasteiger partial charge in [0.15, 0.2) is 0 Å². The molecule has 1 atom stereocenters. The van der Waals surface area contributed by atoms with E-state index in [0.717, 1.165) is 20.1 Å². The molecule has 0 aliphatic heterocycles. The molecule has 2 aromatic rings. The van der Waals surface area contributed by atoms with Gasteiger partial charge in [-0.3, -0.25) is 0 Å². The molecule has 0 aliphatic carbocycles. The van der Waals surface area contributed by atoms with Crippen molar-refractivity contribution in [2.75, 3.05) is 14.2 Å². The predicted octanol–water partition coefficient (Wildman–Crippen LogP) is 5.18. The highest BCUT2D eigenvalue weighted by Gasteiger charge is 2.15. The monoisotopic (exact) mass is 417 g/mol. The number of benzene rings is 2. The molecule has 2 nitrogen and oxygen atoms in total. The van der Waals surface area contributed by atoms with E-state index in [1.807, 2.05) is 31.3 Å². The number of methoxy groups -OCH3 is 1. The van der Waals surface area contributed by atoms with Gasteiger partial charge in [-0.25, -0.2) is 0 Å². The van der Waals surface area contributed by atoms with E-state index in [4.69, 9.17) is 16.3 Å². The fourth-order valence-electron chi connectivity index (χ4n) is 2.12. The summed E-state index contributed by atoms with van der Waals surface area (Å²) in [7, 11) is 3.55. The second kappa shape index (κ2) is 6.94. The first-order valence-corrected chi connectivity index (χ1v) is 7.98. The quantitative estimate of drug-likeness (QED) is 0.737. The minimum atomic E-state index is 0.0648. The summed E-state index contributed by atoms with van der Waals surface area (Å²) in [5.41, 5.74) is 2.25. The molecular weight excluding hydrogens is 405 g/mol. The fraction of sp³-hybridized carbons (Fsp3) is 0.200. The minimum absolute atomic E-state index is 0.0648. The Bertz CT molecular complexity index is 599. The summed E-state index contributed by atoms with van der Waals surface area (Å²) in [5.74, 6) is 0.679. The molecule has 0 fully saturated rings. The van der Waals surface area contributed by atoms with Crippen LogP contribution in [0.1, 0.15) is 17.2 Å². The first kappa shape index (κ1) is 15.8. The average molecular weight is 420 g/mol. The van der Waals surface area contributed by atoms with Gasteiger partial charge in [0.2, 0.25) is 0 Å². The molecule has 0 saturated carbocycles. The number of hydrogen-bond donors (Lipinski definition) is 1. The van der Waals surface area contributed by atoms with Crippen LogP contribution >= 0.6 is 43.5 Å². The van der Waals surface area contributed by atoms with E-state index in [1.165, 1.54) is 0 Å². The standard InChI is InChI=1S/C15H14Br2ClNO/c1-19-15(10-5-11(16)8-12(17)6-10)9-3-4-13(18)14(7-9)20-2/h3-8,15,19H,1-2H3. The molecule has 1 unspecified atom stereocenters. The molecule has 0 aliphatic rings. The highest BCUT2D eigenvalue weighted by atomic mass is 79.9. The van der Waals surface area contributed by atoms with Crippen molar-refractivity contribution >= 4 is 43.5 Å². The van der Waals surface area contributed by atoms with Gasteiger partial charge < -0.3 is 10.1 Å². The third-order valence-electron chi connectivity index (χ3n) is 3.02. The Morgan fingerprint density at radius 1 is 1.05 bits per heavy atom. The summed E-state index contributed by atoms with van der Waals surface area (Å²) >= 11 is 13.1. The lowest BCUT2D eigenvalue weighted by Gasteiger charge is -2.19. The third-order valence-corrected chi connectivity index (χ3v) is 4.24. The van der Waals surface area contributed by atoms with Crippen molar-refractivity contribution in [3.8, 4) is 5.75 Å². The normalized spacial score (nSPS) is 12.2. The van der Waals surface area contributed by atoms with E-state index in [0.29, 0.717) is 10.8 Å². The summed E-state index contributed by atoms with van der Waals surface area (Å²) < 4.78 is 7.35. The first-order chi connectivity index (χ1) is 9.55. The summed E-state index contributed by atoms with van der Waals surface area (Å²) in [6.45, 7) is 0. The molecule has 0 saturated heterocycles. The van der Waals surface area contributed by atoms with E-state index < -0.39 is 0 Å². The van der Waals surface area contributed by atoms with Crippen LogP contribution < -0.4 is 10.1 Å². The Morgan fingerprint density at radius 2 is 1.70 bits per heavy atom. The molecule has 106 valence electrons. The highest BCUT2D eigenvalue weighted by Crippen LogP contribution is 2.32. The Morgan fingerprint density at radius 3 is 2.25 bits per heavy atom. The van der Waals surface area contributed by atoms with Crippen molar-refractivity contribution in [2.45, 2.75) is 6.04 Å². The highest BCUT2D eigenvalue weighted by molar-refractivity contribution is 9.11. The second-order valence-electron chi connectivity index (χ2n) is 4.32. The van der Waals surface area contributed by atoms with Crippen LogP contribution in [0, 0.1) is 0 Å². The molecule has 0 heterocycles. The molecule has 1 N–H and O–H groups in total. The summed E-state index contributed by atoms with van der Waals surface area (Å²) in [4.78, 5) is 0. The molecule has 2 aromatic carbocycles. The lowest BCUT2D eigenvalue weighted by atomic mass is 9.99. The lowest BCUT2D eigenvalue weighted by molar-refractivity contribution is 0.414. The van der Waals surface area contributed by atoms with Gasteiger partial charge >= 0.3 is 0 Å². The number of rotatable bonds is 4. The summed E-state index contributed by atoms with van der Waals surface area (Å²) in [5, 5.41) is 3.93. The maximum Gasteiger partial charge on any atom is 0.137 e. The molecule has 0 spiro atoms. The van der Waals surface area contributed by atoms with E-state index in [1.54, 1.807) is 7.11 Å². The number of hydrogen-bond acceptors (Lipinski definition) is 2. The topological polar surface area (TPSA) is 21.3 Å². The number of halogens is 3. The largest absolute Gasteiger partial charge is 0.495 e. The summed E-state index contributed by atoms with van der Waals surface area (Å²) in [6.07, 6.45) is 0. The van der Waals surface area contributed by atoms with Gasteiger partial charge in [-0.1, -0.05) is 49.5 Å². The van der Waals surface area contributed by atoms with Crippen LogP contribution in [-0.2, 0) is 0 Å². The van der Waals surface area contributed by atoms with Gasteiger partial charge in [0.05, 0.1) is 18.2 Å². The predicted molar refractivity (Wildman–Crippen MR) is 90.7 cm³/mol. The Kier molecular flexibility index (Phi) is 5.49. The van der Waals surface area contributed by atoms with Crippen LogP contribution in [0.2, 0.25) is 5.02 Å². The van der Waals surface area contributed by atoms with Crippen LogP contribution in [0.4, 0.5) is 0 Å². The van der Waals surface area contributed by atoms with Gasteiger partial charge in [-0.2, -0.15) is 0 Å². The zero-order chi connectivity index (χ0) is 14.7. The zero-order valence-corrected chi connectivity index (χ0v) is 15.0. The molecule has 0 amide bonds. The minimum Gasteiger partial charge on any atom is -0.495 e. The van der Waals surface area contributed by atoms with E-state index in [2.05, 4.69) is 49.3 Å². The average Bonchev–Trinajstić information content (AvgIpc) is 2.40. The van der Waals surface area contributed by atoms with Gasteiger partial charge in [-0.15, -0.1) is 0 Å². The van der Waals surface area contributed by atoms with Crippen molar-refractivity contribution < 1.29 is 4.74 Å². The van der Waals surface area contributed by atoms with Crippen molar-refractivity contribution in [3.63, 3.8) is 0 Å². The van der Waals surface area contributed by atoms with E-state index >= 15 is 0 Å². The Labute approximate surface area is 140 Å². The van der Waals surface area contributed by atoms with Crippen molar-refractivity contribution in [1.82, 2.24) is 5.32 Å². The third kappa shape index (κ3) is 3.55. The maximum absolute atomic E-state index is 6.08. The molecular formula is C15H14Br2ClNO. The zero-order valence-electron chi connectivity index (χ0n) is 11.1. The van der Waals surface area contributed by atoms with Crippen molar-refractivity contribution in [2.24, 2.45) is 0 Å². The molecule has 20 heavy (non-hydrogen) atoms. The Balaban J connectivity index is 2.46. The van der Waals surface area contributed by atoms with E-state index in [-0.39, 0.29) is 6.04 Å². The van der Waals surface area contributed by atoms with E-state index in [9.17, 15) is 0 Å². The maximum atomic E-state index is 6.08. The molecule has 2 rings (SSSR count). The number of nitrogens with one attached hydrogen (secondary N) is 1. The SMILES string of the molecule is CNC(c1cc(Br)cc(Br)c1)c1ccc(Cl)c(OC)c1. The van der Waals surface area contributed by atoms with Crippen LogP contribution in [0.15, 0.2) is 45.3 Å². The Hall–Kier alpha value is -0.550. The van der Waals surface area contributed by atoms with Crippen LogP contribution in [0.3, 0.4) is 0 Å². The molecule has 0 aromatic heterocycles. The summed E-state index contributed by atoms with van der Waals surface area (Å²) in [6, 6.07) is 12.1. The first-order valence-electron chi connectivity index (χ1n) is 6.02. The van der Waals surface area contributed by atoms with Crippen molar-refractivity contribution in [3.05, 3.63) is 61.5 Å².